The van der Waals surface area contributed by atoms with Gasteiger partial charge in [0.2, 0.25) is 0 Å². The van der Waals surface area contributed by atoms with E-state index in [4.69, 9.17) is 0 Å². The van der Waals surface area contributed by atoms with Gasteiger partial charge in [-0.2, -0.15) is 0 Å². The van der Waals surface area contributed by atoms with Gasteiger partial charge in [-0.05, 0) is 72.3 Å². The van der Waals surface area contributed by atoms with Crippen molar-refractivity contribution in [3.05, 3.63) is 59.4 Å². The Labute approximate surface area is 193 Å². The van der Waals surface area contributed by atoms with Crippen molar-refractivity contribution in [1.29, 1.82) is 0 Å². The Balaban J connectivity index is 1.28. The second-order valence-corrected chi connectivity index (χ2v) is 13.0. The average molecular weight is 458 g/mol. The molecular weight excluding hydrogens is 421 g/mol. The third-order valence-electron chi connectivity index (χ3n) is 8.01. The molecule has 32 heavy (non-hydrogen) atoms. The summed E-state index contributed by atoms with van der Waals surface area (Å²) in [6.45, 7) is 2.30. The largest absolute Gasteiger partial charge is 0.204 e. The number of unbranched alkanes of at least 4 members (excludes halogenated alkanes) is 2. The lowest BCUT2D eigenvalue weighted by molar-refractivity contribution is 0.216. The smallest absolute Gasteiger partial charge is 0.194 e. The predicted molar refractivity (Wildman–Crippen MR) is 129 cm³/mol. The van der Waals surface area contributed by atoms with Crippen molar-refractivity contribution in [2.75, 3.05) is 0 Å². The van der Waals surface area contributed by atoms with Crippen LogP contribution in [0.25, 0.3) is 11.1 Å². The Morgan fingerprint density at radius 1 is 0.750 bits per heavy atom. The highest BCUT2D eigenvalue weighted by molar-refractivity contribution is 6.58. The molecule has 1 aliphatic carbocycles. The standard InChI is InChI=1S/C28H36F3Si/c1-2-3-4-15-32-16-13-24(14-17-32)22-7-5-20(6-8-22)21-9-11-23(12-10-21)25-18-26(29)28(31)27(30)19-25/h9-12,18-20,22,24H,2-8,13-17H2,1H3. The van der Waals surface area contributed by atoms with E-state index < -0.39 is 17.5 Å². The summed E-state index contributed by atoms with van der Waals surface area (Å²) in [7, 11) is -0.0462. The van der Waals surface area contributed by atoms with Crippen molar-refractivity contribution in [3.8, 4) is 11.1 Å². The van der Waals surface area contributed by atoms with E-state index in [1.807, 2.05) is 12.1 Å². The monoisotopic (exact) mass is 457 g/mol. The van der Waals surface area contributed by atoms with E-state index in [-0.39, 0.29) is 8.80 Å². The molecule has 4 heteroatoms. The molecule has 2 aromatic carbocycles. The molecule has 4 rings (SSSR count). The van der Waals surface area contributed by atoms with Crippen molar-refractivity contribution in [2.24, 2.45) is 11.8 Å². The number of halogens is 3. The molecular formula is C28H36F3Si. The van der Waals surface area contributed by atoms with E-state index in [0.717, 1.165) is 29.5 Å². The minimum Gasteiger partial charge on any atom is -0.204 e. The molecule has 173 valence electrons. The van der Waals surface area contributed by atoms with Crippen LogP contribution in [0.4, 0.5) is 13.2 Å². The van der Waals surface area contributed by atoms with Crippen molar-refractivity contribution in [3.63, 3.8) is 0 Å². The van der Waals surface area contributed by atoms with Gasteiger partial charge < -0.3 is 0 Å². The van der Waals surface area contributed by atoms with Crippen LogP contribution in [-0.2, 0) is 0 Å². The number of hydrogen-bond acceptors (Lipinski definition) is 0. The first-order valence-corrected chi connectivity index (χ1v) is 14.8. The third-order valence-corrected chi connectivity index (χ3v) is 11.1. The highest BCUT2D eigenvalue weighted by Crippen LogP contribution is 2.44. The quantitative estimate of drug-likeness (QED) is 0.221. The molecule has 1 saturated carbocycles. The topological polar surface area (TPSA) is 0 Å². The Hall–Kier alpha value is -1.55. The molecule has 0 bridgehead atoms. The predicted octanol–water partition coefficient (Wildman–Crippen LogP) is 9.14. The van der Waals surface area contributed by atoms with Crippen molar-refractivity contribution in [1.82, 2.24) is 0 Å². The minimum atomic E-state index is -1.41. The summed E-state index contributed by atoms with van der Waals surface area (Å²) >= 11 is 0. The van der Waals surface area contributed by atoms with E-state index in [9.17, 15) is 13.2 Å². The molecule has 2 aliphatic rings. The molecule has 0 amide bonds. The van der Waals surface area contributed by atoms with Crippen LogP contribution in [0.15, 0.2) is 36.4 Å². The number of rotatable bonds is 7. The van der Waals surface area contributed by atoms with Gasteiger partial charge >= 0.3 is 0 Å². The van der Waals surface area contributed by atoms with Gasteiger partial charge in [0.15, 0.2) is 17.5 Å². The van der Waals surface area contributed by atoms with Crippen molar-refractivity contribution < 1.29 is 13.2 Å². The molecule has 0 nitrogen and oxygen atoms in total. The van der Waals surface area contributed by atoms with Gasteiger partial charge in [-0.15, -0.1) is 0 Å². The molecule has 0 N–H and O–H groups in total. The Bertz CT molecular complexity index is 840. The lowest BCUT2D eigenvalue weighted by atomic mass is 9.72. The van der Waals surface area contributed by atoms with Gasteiger partial charge in [0, 0.05) is 8.80 Å². The maximum atomic E-state index is 13.6. The zero-order valence-electron chi connectivity index (χ0n) is 19.3. The molecule has 1 radical (unpaired) electrons. The summed E-state index contributed by atoms with van der Waals surface area (Å²) in [6, 6.07) is 14.8. The van der Waals surface area contributed by atoms with E-state index in [0.29, 0.717) is 11.5 Å². The molecule has 1 heterocycles. The summed E-state index contributed by atoms with van der Waals surface area (Å²) in [5.41, 5.74) is 2.42. The van der Waals surface area contributed by atoms with Crippen LogP contribution in [0, 0.1) is 29.3 Å². The highest BCUT2D eigenvalue weighted by atomic mass is 28.3. The fraction of sp³-hybridized carbons (Fsp3) is 0.571. The fourth-order valence-electron chi connectivity index (χ4n) is 5.99. The second-order valence-electron chi connectivity index (χ2n) is 10.0. The lowest BCUT2D eigenvalue weighted by Crippen LogP contribution is -2.28. The van der Waals surface area contributed by atoms with Crippen LogP contribution in [0.5, 0.6) is 0 Å². The zero-order chi connectivity index (χ0) is 22.5. The van der Waals surface area contributed by atoms with E-state index in [1.165, 1.54) is 63.4 Å². The van der Waals surface area contributed by atoms with E-state index in [1.54, 1.807) is 18.1 Å². The summed E-state index contributed by atoms with van der Waals surface area (Å²) in [5, 5.41) is 0. The van der Waals surface area contributed by atoms with Gasteiger partial charge in [0.1, 0.15) is 0 Å². The van der Waals surface area contributed by atoms with Crippen LogP contribution in [0.2, 0.25) is 18.1 Å². The van der Waals surface area contributed by atoms with Gasteiger partial charge in [-0.3, -0.25) is 0 Å². The lowest BCUT2D eigenvalue weighted by Gasteiger charge is -2.37. The van der Waals surface area contributed by atoms with Crippen LogP contribution >= 0.6 is 0 Å². The summed E-state index contributed by atoms with van der Waals surface area (Å²) in [6.07, 6.45) is 12.3. The average Bonchev–Trinajstić information content (AvgIpc) is 2.83. The number of benzene rings is 2. The second kappa shape index (κ2) is 11.0. The fourth-order valence-corrected chi connectivity index (χ4v) is 9.05. The Morgan fingerprint density at radius 2 is 1.34 bits per heavy atom. The first kappa shape index (κ1) is 23.6. The molecule has 2 fully saturated rings. The summed E-state index contributed by atoms with van der Waals surface area (Å²) in [4.78, 5) is 0. The molecule has 0 atom stereocenters. The first-order valence-electron chi connectivity index (χ1n) is 12.6. The number of hydrogen-bond donors (Lipinski definition) is 0. The minimum absolute atomic E-state index is 0.0462. The summed E-state index contributed by atoms with van der Waals surface area (Å²) in [5.74, 6) is -1.23. The summed E-state index contributed by atoms with van der Waals surface area (Å²) < 4.78 is 40.4. The molecule has 0 unspecified atom stereocenters. The van der Waals surface area contributed by atoms with Crippen LogP contribution in [0.1, 0.15) is 76.2 Å². The molecule has 0 spiro atoms. The van der Waals surface area contributed by atoms with Crippen molar-refractivity contribution >= 4 is 8.80 Å². The van der Waals surface area contributed by atoms with Crippen LogP contribution in [-0.4, -0.2) is 8.80 Å². The van der Waals surface area contributed by atoms with Gasteiger partial charge in [-0.25, -0.2) is 13.2 Å². The van der Waals surface area contributed by atoms with Gasteiger partial charge in [0.05, 0.1) is 0 Å². The molecule has 0 aromatic heterocycles. The normalized spacial score (nSPS) is 22.9. The van der Waals surface area contributed by atoms with Crippen LogP contribution < -0.4 is 0 Å². The maximum Gasteiger partial charge on any atom is 0.194 e. The third kappa shape index (κ3) is 5.68. The van der Waals surface area contributed by atoms with Gasteiger partial charge in [0.25, 0.3) is 0 Å². The van der Waals surface area contributed by atoms with Gasteiger partial charge in [-0.1, -0.05) is 81.4 Å². The molecule has 2 aromatic rings. The van der Waals surface area contributed by atoms with E-state index in [2.05, 4.69) is 19.1 Å². The Kier molecular flexibility index (Phi) is 8.15. The molecule has 1 saturated heterocycles. The van der Waals surface area contributed by atoms with E-state index >= 15 is 0 Å². The zero-order valence-corrected chi connectivity index (χ0v) is 20.3. The maximum absolute atomic E-state index is 13.6. The van der Waals surface area contributed by atoms with Crippen LogP contribution in [0.3, 0.4) is 0 Å². The molecule has 1 aliphatic heterocycles. The Morgan fingerprint density at radius 3 is 1.94 bits per heavy atom. The van der Waals surface area contributed by atoms with Crippen molar-refractivity contribution in [2.45, 2.75) is 88.8 Å². The first-order chi connectivity index (χ1) is 15.5. The highest BCUT2D eigenvalue weighted by Gasteiger charge is 2.31. The SMILES string of the molecule is CCCCC[Si]1CCC(C2CCC(c3ccc(-c4cc(F)c(F)c(F)c4)cc3)CC2)CC1.